The molecule has 0 radical (unpaired) electrons. The molecule has 0 fully saturated rings. The maximum Gasteiger partial charge on any atom is 0.253 e. The van der Waals surface area contributed by atoms with Crippen LogP contribution in [0, 0.1) is 0 Å². The van der Waals surface area contributed by atoms with Crippen molar-refractivity contribution in [3.8, 4) is 0 Å². The second-order valence-corrected chi connectivity index (χ2v) is 8.59. The first-order valence-corrected chi connectivity index (χ1v) is 9.61. The summed E-state index contributed by atoms with van der Waals surface area (Å²) >= 11 is 12.0. The fraction of sp³-hybridized carbons (Fsp3) is 0.235. The molecule has 0 aliphatic rings. The molecule has 5 nitrogen and oxygen atoms in total. The van der Waals surface area contributed by atoms with Gasteiger partial charge in [-0.2, -0.15) is 0 Å². The van der Waals surface area contributed by atoms with Gasteiger partial charge in [-0.25, -0.2) is 12.7 Å². The van der Waals surface area contributed by atoms with Crippen LogP contribution in [0.3, 0.4) is 0 Å². The molecule has 1 atom stereocenters. The highest BCUT2D eigenvalue weighted by Gasteiger charge is 2.19. The van der Waals surface area contributed by atoms with Crippen LogP contribution >= 0.6 is 23.2 Å². The van der Waals surface area contributed by atoms with Gasteiger partial charge in [0.1, 0.15) is 0 Å². The molecule has 0 heterocycles. The summed E-state index contributed by atoms with van der Waals surface area (Å²) in [5.74, 6) is -0.356. The molecule has 0 spiro atoms. The summed E-state index contributed by atoms with van der Waals surface area (Å²) in [7, 11) is -0.536. The summed E-state index contributed by atoms with van der Waals surface area (Å²) in [6.07, 6.45) is 0. The minimum Gasteiger partial charge on any atom is -0.345 e. The van der Waals surface area contributed by atoms with Gasteiger partial charge in [0.05, 0.1) is 26.5 Å². The van der Waals surface area contributed by atoms with E-state index in [2.05, 4.69) is 5.32 Å². The standard InChI is InChI=1S/C17H18Cl2N2O3S/c1-11(20-17(22)14-5-4-6-15(18)16(14)19)12-7-9-13(10-8-12)25(23,24)21(2)3/h4-11H,1-3H3,(H,20,22). The largest absolute Gasteiger partial charge is 0.345 e. The molecule has 0 aliphatic heterocycles. The SMILES string of the molecule is CC(NC(=O)c1cccc(Cl)c1Cl)c1ccc(S(=O)(=O)N(C)C)cc1. The van der Waals surface area contributed by atoms with Gasteiger partial charge in [0.2, 0.25) is 10.0 Å². The molecule has 1 amide bonds. The highest BCUT2D eigenvalue weighted by atomic mass is 35.5. The van der Waals surface area contributed by atoms with E-state index in [0.717, 1.165) is 9.87 Å². The molecule has 134 valence electrons. The van der Waals surface area contributed by atoms with Crippen molar-refractivity contribution in [2.75, 3.05) is 14.1 Å². The quantitative estimate of drug-likeness (QED) is 0.830. The van der Waals surface area contributed by atoms with Crippen molar-refractivity contribution >= 4 is 39.1 Å². The number of benzene rings is 2. The number of nitrogens with one attached hydrogen (secondary N) is 1. The Bertz CT molecular complexity index is 881. The summed E-state index contributed by atoms with van der Waals surface area (Å²) in [5.41, 5.74) is 1.05. The van der Waals surface area contributed by atoms with Gasteiger partial charge >= 0.3 is 0 Å². The topological polar surface area (TPSA) is 66.5 Å². The van der Waals surface area contributed by atoms with E-state index in [0.29, 0.717) is 5.02 Å². The Hall–Kier alpha value is -1.60. The number of hydrogen-bond acceptors (Lipinski definition) is 3. The fourth-order valence-corrected chi connectivity index (χ4v) is 3.46. The van der Waals surface area contributed by atoms with Gasteiger partial charge in [-0.3, -0.25) is 4.79 Å². The summed E-state index contributed by atoms with van der Waals surface area (Å²) in [6.45, 7) is 1.80. The number of amides is 1. The van der Waals surface area contributed by atoms with E-state index in [1.54, 1.807) is 37.3 Å². The molecule has 2 aromatic rings. The van der Waals surface area contributed by atoms with Crippen molar-refractivity contribution in [3.63, 3.8) is 0 Å². The minimum atomic E-state index is -3.48. The number of carbonyl (C=O) groups excluding carboxylic acids is 1. The van der Waals surface area contributed by atoms with Crippen LogP contribution in [0.15, 0.2) is 47.4 Å². The van der Waals surface area contributed by atoms with E-state index in [1.165, 1.54) is 26.2 Å². The molecule has 0 saturated heterocycles. The minimum absolute atomic E-state index is 0.192. The van der Waals surface area contributed by atoms with Gasteiger partial charge in [-0.15, -0.1) is 0 Å². The average Bonchev–Trinajstić information content (AvgIpc) is 2.57. The zero-order valence-electron chi connectivity index (χ0n) is 14.0. The monoisotopic (exact) mass is 400 g/mol. The Balaban J connectivity index is 2.17. The van der Waals surface area contributed by atoms with Crippen LogP contribution in [0.1, 0.15) is 28.9 Å². The number of sulfonamides is 1. The smallest absolute Gasteiger partial charge is 0.253 e. The lowest BCUT2D eigenvalue weighted by Crippen LogP contribution is -2.27. The molecule has 8 heteroatoms. The molecule has 2 rings (SSSR count). The van der Waals surface area contributed by atoms with E-state index in [1.807, 2.05) is 0 Å². The van der Waals surface area contributed by atoms with Crippen molar-refractivity contribution in [3.05, 3.63) is 63.6 Å². The molecule has 2 aromatic carbocycles. The second kappa shape index (κ2) is 7.74. The van der Waals surface area contributed by atoms with Gasteiger partial charge in [0.15, 0.2) is 0 Å². The number of nitrogens with zero attached hydrogens (tertiary/aromatic N) is 1. The van der Waals surface area contributed by atoms with Crippen molar-refractivity contribution < 1.29 is 13.2 Å². The number of halogens is 2. The molecule has 0 aromatic heterocycles. The highest BCUT2D eigenvalue weighted by Crippen LogP contribution is 2.26. The van der Waals surface area contributed by atoms with Crippen molar-refractivity contribution in [1.82, 2.24) is 9.62 Å². The van der Waals surface area contributed by atoms with Crippen LogP contribution in [-0.2, 0) is 10.0 Å². The van der Waals surface area contributed by atoms with Crippen LogP contribution in [-0.4, -0.2) is 32.7 Å². The van der Waals surface area contributed by atoms with Gasteiger partial charge in [-0.1, -0.05) is 41.4 Å². The summed E-state index contributed by atoms with van der Waals surface area (Å²) in [6, 6.07) is 10.9. The lowest BCUT2D eigenvalue weighted by Gasteiger charge is -2.16. The Morgan fingerprint density at radius 2 is 1.68 bits per heavy atom. The van der Waals surface area contributed by atoms with Gasteiger partial charge < -0.3 is 5.32 Å². The molecule has 0 saturated carbocycles. The predicted molar refractivity (Wildman–Crippen MR) is 99.7 cm³/mol. The Labute approximate surface area is 157 Å². The number of hydrogen-bond donors (Lipinski definition) is 1. The first-order chi connectivity index (χ1) is 11.6. The van der Waals surface area contributed by atoms with E-state index in [4.69, 9.17) is 23.2 Å². The molecular formula is C17H18Cl2N2O3S. The third kappa shape index (κ3) is 4.33. The zero-order chi connectivity index (χ0) is 18.8. The van der Waals surface area contributed by atoms with Gasteiger partial charge in [0.25, 0.3) is 5.91 Å². The first kappa shape index (κ1) is 19.7. The third-order valence-corrected chi connectivity index (χ3v) is 6.35. The molecule has 0 bridgehead atoms. The highest BCUT2D eigenvalue weighted by molar-refractivity contribution is 7.89. The number of rotatable bonds is 5. The summed E-state index contributed by atoms with van der Waals surface area (Å²) in [4.78, 5) is 12.6. The van der Waals surface area contributed by atoms with E-state index >= 15 is 0 Å². The number of carbonyl (C=O) groups is 1. The Morgan fingerprint density at radius 1 is 1.08 bits per heavy atom. The predicted octanol–water partition coefficient (Wildman–Crippen LogP) is 3.73. The summed E-state index contributed by atoms with van der Waals surface area (Å²) < 4.78 is 25.3. The fourth-order valence-electron chi connectivity index (χ4n) is 2.18. The molecular weight excluding hydrogens is 383 g/mol. The lowest BCUT2D eigenvalue weighted by atomic mass is 10.1. The van der Waals surface area contributed by atoms with Gasteiger partial charge in [0, 0.05) is 14.1 Å². The van der Waals surface area contributed by atoms with Gasteiger partial charge in [-0.05, 0) is 36.8 Å². The van der Waals surface area contributed by atoms with Crippen molar-refractivity contribution in [2.24, 2.45) is 0 Å². The summed E-state index contributed by atoms with van der Waals surface area (Å²) in [5, 5.41) is 3.32. The maximum absolute atomic E-state index is 12.4. The first-order valence-electron chi connectivity index (χ1n) is 7.42. The van der Waals surface area contributed by atoms with Crippen molar-refractivity contribution in [1.29, 1.82) is 0 Å². The van der Waals surface area contributed by atoms with Crippen molar-refractivity contribution in [2.45, 2.75) is 17.9 Å². The molecule has 25 heavy (non-hydrogen) atoms. The van der Waals surface area contributed by atoms with Crippen LogP contribution in [0.5, 0.6) is 0 Å². The normalized spacial score (nSPS) is 12.9. The second-order valence-electron chi connectivity index (χ2n) is 5.65. The van der Waals surface area contributed by atoms with E-state index < -0.39 is 10.0 Å². The Morgan fingerprint density at radius 3 is 2.24 bits per heavy atom. The molecule has 0 aliphatic carbocycles. The van der Waals surface area contributed by atoms with E-state index in [-0.39, 0.29) is 27.4 Å². The molecule has 1 N–H and O–H groups in total. The zero-order valence-corrected chi connectivity index (χ0v) is 16.3. The lowest BCUT2D eigenvalue weighted by molar-refractivity contribution is 0.0940. The van der Waals surface area contributed by atoms with Crippen LogP contribution in [0.2, 0.25) is 10.0 Å². The third-order valence-electron chi connectivity index (χ3n) is 3.70. The maximum atomic E-state index is 12.4. The van der Waals surface area contributed by atoms with Crippen LogP contribution < -0.4 is 5.32 Å². The molecule has 1 unspecified atom stereocenters. The van der Waals surface area contributed by atoms with E-state index in [9.17, 15) is 13.2 Å². The Kier molecular flexibility index (Phi) is 6.11. The van der Waals surface area contributed by atoms with Crippen LogP contribution in [0.25, 0.3) is 0 Å². The average molecular weight is 401 g/mol. The van der Waals surface area contributed by atoms with Crippen LogP contribution in [0.4, 0.5) is 0 Å².